The second-order valence-electron chi connectivity index (χ2n) is 5.88. The van der Waals surface area contributed by atoms with Gasteiger partial charge in [0, 0.05) is 13.1 Å². The number of likely N-dealkylation sites (tertiary alicyclic amines) is 1. The minimum Gasteiger partial charge on any atom is -0.481 e. The number of hydrogen-bond acceptors (Lipinski definition) is 4. The number of carbonyl (C=O) groups excluding carboxylic acids is 1. The zero-order valence-corrected chi connectivity index (χ0v) is 14.6. The summed E-state index contributed by atoms with van der Waals surface area (Å²) in [6.45, 7) is 1.27. The molecule has 1 aromatic carbocycles. The lowest BCUT2D eigenvalue weighted by molar-refractivity contribution is -0.274. The van der Waals surface area contributed by atoms with Crippen molar-refractivity contribution in [1.82, 2.24) is 10.2 Å². The lowest BCUT2D eigenvalue weighted by atomic mass is 9.98. The van der Waals surface area contributed by atoms with E-state index >= 15 is 0 Å². The van der Waals surface area contributed by atoms with Gasteiger partial charge in [0.2, 0.25) is 5.91 Å². The third-order valence-electron chi connectivity index (χ3n) is 3.87. The van der Waals surface area contributed by atoms with Gasteiger partial charge in [-0.3, -0.25) is 14.5 Å². The average Bonchev–Trinajstić information content (AvgIpc) is 2.53. The first-order valence-electron chi connectivity index (χ1n) is 7.79. The van der Waals surface area contributed by atoms with Gasteiger partial charge in [0.25, 0.3) is 0 Å². The minimum atomic E-state index is -4.74. The summed E-state index contributed by atoms with van der Waals surface area (Å²) in [4.78, 5) is 24.7. The number of halogens is 4. The Kier molecular flexibility index (Phi) is 8.16. The van der Waals surface area contributed by atoms with Gasteiger partial charge in [-0.05, 0) is 37.1 Å². The predicted octanol–water partition coefficient (Wildman–Crippen LogP) is 2.42. The summed E-state index contributed by atoms with van der Waals surface area (Å²) in [5.41, 5.74) is 0.630. The van der Waals surface area contributed by atoms with Crippen LogP contribution in [0.15, 0.2) is 24.3 Å². The van der Waals surface area contributed by atoms with Gasteiger partial charge in [0.15, 0.2) is 0 Å². The average molecular weight is 397 g/mol. The maximum atomic E-state index is 12.1. The Balaban J connectivity index is 0.00000338. The third kappa shape index (κ3) is 7.49. The molecule has 146 valence electrons. The molecule has 1 fully saturated rings. The van der Waals surface area contributed by atoms with E-state index in [2.05, 4.69) is 10.1 Å². The van der Waals surface area contributed by atoms with E-state index in [1.165, 1.54) is 24.3 Å². The summed E-state index contributed by atoms with van der Waals surface area (Å²) in [6, 6.07) is 5.22. The molecule has 10 heteroatoms. The highest BCUT2D eigenvalue weighted by Gasteiger charge is 2.31. The number of amides is 1. The molecule has 1 unspecified atom stereocenters. The molecule has 0 aliphatic carbocycles. The van der Waals surface area contributed by atoms with Crippen molar-refractivity contribution in [3.8, 4) is 5.75 Å². The Morgan fingerprint density at radius 3 is 2.50 bits per heavy atom. The van der Waals surface area contributed by atoms with Crippen LogP contribution in [0.4, 0.5) is 13.2 Å². The van der Waals surface area contributed by atoms with Gasteiger partial charge in [0.05, 0.1) is 12.5 Å². The number of carboxylic acid groups (broad SMARTS) is 1. The van der Waals surface area contributed by atoms with Crippen LogP contribution in [0.3, 0.4) is 0 Å². The zero-order chi connectivity index (χ0) is 18.4. The molecule has 0 radical (unpaired) electrons. The number of rotatable bonds is 6. The first-order valence-corrected chi connectivity index (χ1v) is 7.79. The Morgan fingerprint density at radius 1 is 1.27 bits per heavy atom. The van der Waals surface area contributed by atoms with Gasteiger partial charge >= 0.3 is 12.3 Å². The van der Waals surface area contributed by atoms with E-state index < -0.39 is 18.2 Å². The maximum Gasteiger partial charge on any atom is 0.573 e. The van der Waals surface area contributed by atoms with Crippen LogP contribution in [0.2, 0.25) is 0 Å². The van der Waals surface area contributed by atoms with E-state index in [1.54, 1.807) is 4.90 Å². The molecule has 1 atom stereocenters. The SMILES string of the molecule is Cl.O=C(CN1CCCC(C(=O)O)C1)NCc1ccc(OC(F)(F)F)cc1. The smallest absolute Gasteiger partial charge is 0.481 e. The van der Waals surface area contributed by atoms with Crippen LogP contribution in [0.1, 0.15) is 18.4 Å². The fourth-order valence-electron chi connectivity index (χ4n) is 2.67. The second kappa shape index (κ2) is 9.63. The van der Waals surface area contributed by atoms with Gasteiger partial charge in [-0.1, -0.05) is 12.1 Å². The van der Waals surface area contributed by atoms with Crippen molar-refractivity contribution in [2.75, 3.05) is 19.6 Å². The lowest BCUT2D eigenvalue weighted by Gasteiger charge is -2.29. The fourth-order valence-corrected chi connectivity index (χ4v) is 2.67. The van der Waals surface area contributed by atoms with Crippen LogP contribution >= 0.6 is 12.4 Å². The number of nitrogens with zero attached hydrogens (tertiary/aromatic N) is 1. The summed E-state index contributed by atoms with van der Waals surface area (Å²) in [5, 5.41) is 11.7. The molecule has 1 aromatic rings. The molecular formula is C16H20ClF3N2O4. The summed E-state index contributed by atoms with van der Waals surface area (Å²) < 4.78 is 40.0. The number of hydrogen-bond donors (Lipinski definition) is 2. The van der Waals surface area contributed by atoms with E-state index in [0.29, 0.717) is 25.1 Å². The predicted molar refractivity (Wildman–Crippen MR) is 89.0 cm³/mol. The van der Waals surface area contributed by atoms with Crippen LogP contribution < -0.4 is 10.1 Å². The Labute approximate surface area is 154 Å². The zero-order valence-electron chi connectivity index (χ0n) is 13.8. The third-order valence-corrected chi connectivity index (χ3v) is 3.87. The van der Waals surface area contributed by atoms with Crippen LogP contribution in [-0.4, -0.2) is 47.9 Å². The van der Waals surface area contributed by atoms with Crippen molar-refractivity contribution in [2.24, 2.45) is 5.92 Å². The van der Waals surface area contributed by atoms with E-state index in [-0.39, 0.29) is 37.2 Å². The number of benzene rings is 1. The number of alkyl halides is 3. The summed E-state index contributed by atoms with van der Waals surface area (Å²) >= 11 is 0. The normalized spacial score (nSPS) is 17.9. The molecule has 2 rings (SSSR count). The van der Waals surface area contributed by atoms with Crippen molar-refractivity contribution in [3.63, 3.8) is 0 Å². The molecule has 1 aliphatic rings. The van der Waals surface area contributed by atoms with E-state index in [0.717, 1.165) is 6.42 Å². The molecule has 1 saturated heterocycles. The molecular weight excluding hydrogens is 377 g/mol. The van der Waals surface area contributed by atoms with Gasteiger partial charge in [-0.25, -0.2) is 0 Å². The molecule has 0 bridgehead atoms. The van der Waals surface area contributed by atoms with E-state index in [9.17, 15) is 22.8 Å². The van der Waals surface area contributed by atoms with E-state index in [4.69, 9.17) is 5.11 Å². The van der Waals surface area contributed by atoms with Crippen molar-refractivity contribution in [2.45, 2.75) is 25.7 Å². The number of aliphatic carboxylic acids is 1. The quantitative estimate of drug-likeness (QED) is 0.772. The second-order valence-corrected chi connectivity index (χ2v) is 5.88. The summed E-state index contributed by atoms with van der Waals surface area (Å²) in [7, 11) is 0. The standard InChI is InChI=1S/C16H19F3N2O4.ClH/c17-16(18,19)25-13-5-3-11(4-6-13)8-20-14(22)10-21-7-1-2-12(9-21)15(23)24;/h3-6,12H,1-2,7-10H2,(H,20,22)(H,23,24);1H. The first-order chi connectivity index (χ1) is 11.7. The van der Waals surface area contributed by atoms with Gasteiger partial charge < -0.3 is 15.2 Å². The van der Waals surface area contributed by atoms with Crippen LogP contribution in [-0.2, 0) is 16.1 Å². The Morgan fingerprint density at radius 2 is 1.92 bits per heavy atom. The molecule has 1 heterocycles. The number of nitrogens with one attached hydrogen (secondary N) is 1. The molecule has 2 N–H and O–H groups in total. The molecule has 6 nitrogen and oxygen atoms in total. The molecule has 26 heavy (non-hydrogen) atoms. The Bertz CT molecular complexity index is 611. The number of carboxylic acids is 1. The molecule has 0 saturated carbocycles. The first kappa shape index (κ1) is 22.0. The highest BCUT2D eigenvalue weighted by molar-refractivity contribution is 5.85. The Hall–Kier alpha value is -2.00. The lowest BCUT2D eigenvalue weighted by Crippen LogP contribution is -2.44. The fraction of sp³-hybridized carbons (Fsp3) is 0.500. The van der Waals surface area contributed by atoms with Crippen molar-refractivity contribution < 1.29 is 32.6 Å². The van der Waals surface area contributed by atoms with E-state index in [1.807, 2.05) is 0 Å². The molecule has 0 aromatic heterocycles. The topological polar surface area (TPSA) is 78.9 Å². The van der Waals surface area contributed by atoms with Crippen LogP contribution in [0.25, 0.3) is 0 Å². The molecule has 1 aliphatic heterocycles. The highest BCUT2D eigenvalue weighted by Crippen LogP contribution is 2.22. The maximum absolute atomic E-state index is 12.1. The number of piperidine rings is 1. The molecule has 0 spiro atoms. The highest BCUT2D eigenvalue weighted by atomic mass is 35.5. The van der Waals surface area contributed by atoms with Crippen molar-refractivity contribution in [3.05, 3.63) is 29.8 Å². The van der Waals surface area contributed by atoms with Gasteiger partial charge in [-0.15, -0.1) is 25.6 Å². The molecule has 1 amide bonds. The monoisotopic (exact) mass is 396 g/mol. The summed E-state index contributed by atoms with van der Waals surface area (Å²) in [5.74, 6) is -1.90. The van der Waals surface area contributed by atoms with Crippen LogP contribution in [0, 0.1) is 5.92 Å². The minimum absolute atomic E-state index is 0. The largest absolute Gasteiger partial charge is 0.573 e. The van der Waals surface area contributed by atoms with Crippen molar-refractivity contribution in [1.29, 1.82) is 0 Å². The van der Waals surface area contributed by atoms with Crippen molar-refractivity contribution >= 4 is 24.3 Å². The summed E-state index contributed by atoms with van der Waals surface area (Å²) in [6.07, 6.45) is -3.40. The van der Waals surface area contributed by atoms with Crippen LogP contribution in [0.5, 0.6) is 5.75 Å². The van der Waals surface area contributed by atoms with Gasteiger partial charge in [-0.2, -0.15) is 0 Å². The van der Waals surface area contributed by atoms with Gasteiger partial charge in [0.1, 0.15) is 5.75 Å². The number of ether oxygens (including phenoxy) is 1. The number of carbonyl (C=O) groups is 2.